The molecule has 2 unspecified atom stereocenters. The fourth-order valence-corrected chi connectivity index (χ4v) is 1.32. The van der Waals surface area contributed by atoms with Crippen LogP contribution in [0.1, 0.15) is 26.2 Å². The van der Waals surface area contributed by atoms with Crippen molar-refractivity contribution < 1.29 is 0 Å². The molecule has 0 aromatic carbocycles. The van der Waals surface area contributed by atoms with Crippen molar-refractivity contribution in [3.8, 4) is 6.07 Å². The minimum atomic E-state index is 0.380. The van der Waals surface area contributed by atoms with Gasteiger partial charge >= 0.3 is 0 Å². The molecule has 1 aliphatic carbocycles. The molecule has 0 amide bonds. The summed E-state index contributed by atoms with van der Waals surface area (Å²) in [7, 11) is 0. The van der Waals surface area contributed by atoms with E-state index >= 15 is 0 Å². The van der Waals surface area contributed by atoms with E-state index < -0.39 is 0 Å². The molecule has 8 heavy (non-hydrogen) atoms. The Kier molecular flexibility index (Phi) is 1.53. The van der Waals surface area contributed by atoms with Gasteiger partial charge in [0.2, 0.25) is 0 Å². The zero-order valence-corrected chi connectivity index (χ0v) is 5.22. The Morgan fingerprint density at radius 2 is 2.25 bits per heavy atom. The van der Waals surface area contributed by atoms with E-state index in [0.717, 1.165) is 18.8 Å². The minimum absolute atomic E-state index is 0.380. The molecule has 1 saturated carbocycles. The lowest BCUT2D eigenvalue weighted by Crippen LogP contribution is -1.87. The van der Waals surface area contributed by atoms with Crippen molar-refractivity contribution in [3.05, 3.63) is 0 Å². The van der Waals surface area contributed by atoms with Gasteiger partial charge in [-0.3, -0.25) is 0 Å². The number of hydrogen-bond donors (Lipinski definition) is 0. The van der Waals surface area contributed by atoms with Crippen LogP contribution in [0.2, 0.25) is 0 Å². The minimum Gasteiger partial charge on any atom is -0.198 e. The van der Waals surface area contributed by atoms with Gasteiger partial charge < -0.3 is 0 Å². The molecule has 0 aliphatic heterocycles. The normalized spacial score (nSPS) is 37.0. The predicted octanol–water partition coefficient (Wildman–Crippen LogP) is 1.95. The summed E-state index contributed by atoms with van der Waals surface area (Å²) in [5.41, 5.74) is 0. The van der Waals surface area contributed by atoms with Crippen LogP contribution in [-0.4, -0.2) is 0 Å². The van der Waals surface area contributed by atoms with Gasteiger partial charge in [-0.2, -0.15) is 5.26 Å². The average Bonchev–Trinajstić information content (AvgIpc) is 2.14. The summed E-state index contributed by atoms with van der Waals surface area (Å²) in [5.74, 6) is 1.18. The molecule has 0 saturated heterocycles. The molecule has 0 spiro atoms. The van der Waals surface area contributed by atoms with Crippen molar-refractivity contribution in [1.29, 1.82) is 5.26 Å². The largest absolute Gasteiger partial charge is 0.198 e. The van der Waals surface area contributed by atoms with Crippen LogP contribution in [0, 0.1) is 23.2 Å². The highest BCUT2D eigenvalue weighted by atomic mass is 14.3. The maximum absolute atomic E-state index is 8.43. The van der Waals surface area contributed by atoms with Gasteiger partial charge in [-0.25, -0.2) is 0 Å². The van der Waals surface area contributed by atoms with Crippen molar-refractivity contribution in [1.82, 2.24) is 0 Å². The highest BCUT2D eigenvalue weighted by molar-refractivity contribution is 4.88. The van der Waals surface area contributed by atoms with Crippen LogP contribution in [0.4, 0.5) is 0 Å². The van der Waals surface area contributed by atoms with Gasteiger partial charge in [0.1, 0.15) is 0 Å². The van der Waals surface area contributed by atoms with E-state index in [9.17, 15) is 0 Å². The van der Waals surface area contributed by atoms with Crippen LogP contribution in [0.3, 0.4) is 0 Å². The van der Waals surface area contributed by atoms with E-state index in [0.29, 0.717) is 5.92 Å². The summed E-state index contributed by atoms with van der Waals surface area (Å²) in [5, 5.41) is 8.43. The topological polar surface area (TPSA) is 23.8 Å². The van der Waals surface area contributed by atoms with E-state index in [1.807, 2.05) is 0 Å². The Morgan fingerprint density at radius 3 is 2.50 bits per heavy atom. The SMILES string of the molecule is CC1CCC(C#N)C1. The molecule has 1 rings (SSSR count). The van der Waals surface area contributed by atoms with E-state index in [-0.39, 0.29) is 0 Å². The summed E-state index contributed by atoms with van der Waals surface area (Å²) in [6.45, 7) is 2.22. The van der Waals surface area contributed by atoms with Crippen molar-refractivity contribution in [2.24, 2.45) is 11.8 Å². The van der Waals surface area contributed by atoms with Crippen LogP contribution < -0.4 is 0 Å². The Labute approximate surface area is 50.3 Å². The van der Waals surface area contributed by atoms with E-state index in [1.54, 1.807) is 0 Å². The monoisotopic (exact) mass is 109 g/mol. The molecular weight excluding hydrogens is 98.1 g/mol. The summed E-state index contributed by atoms with van der Waals surface area (Å²) < 4.78 is 0. The third-order valence-electron chi connectivity index (χ3n) is 1.88. The lowest BCUT2D eigenvalue weighted by Gasteiger charge is -1.94. The zero-order chi connectivity index (χ0) is 5.98. The number of nitrogens with zero attached hydrogens (tertiary/aromatic N) is 1. The first-order valence-electron chi connectivity index (χ1n) is 3.22. The molecule has 0 bridgehead atoms. The first kappa shape index (κ1) is 5.62. The molecule has 1 heteroatoms. The Morgan fingerprint density at radius 1 is 1.50 bits per heavy atom. The van der Waals surface area contributed by atoms with Gasteiger partial charge in [0, 0.05) is 5.92 Å². The summed E-state index contributed by atoms with van der Waals surface area (Å²) in [6, 6.07) is 2.29. The predicted molar refractivity (Wildman–Crippen MR) is 32.1 cm³/mol. The summed E-state index contributed by atoms with van der Waals surface area (Å²) >= 11 is 0. The van der Waals surface area contributed by atoms with Gasteiger partial charge in [0.05, 0.1) is 6.07 Å². The third-order valence-corrected chi connectivity index (χ3v) is 1.88. The van der Waals surface area contributed by atoms with Gasteiger partial charge in [0.15, 0.2) is 0 Å². The number of nitriles is 1. The molecule has 44 valence electrons. The number of rotatable bonds is 0. The highest BCUT2D eigenvalue weighted by Gasteiger charge is 2.19. The molecular formula is C7H11N. The fourth-order valence-electron chi connectivity index (χ4n) is 1.32. The molecule has 0 radical (unpaired) electrons. The van der Waals surface area contributed by atoms with E-state index in [4.69, 9.17) is 5.26 Å². The molecule has 1 fully saturated rings. The average molecular weight is 109 g/mol. The third kappa shape index (κ3) is 1.01. The van der Waals surface area contributed by atoms with Gasteiger partial charge in [0.25, 0.3) is 0 Å². The smallest absolute Gasteiger partial charge is 0.0655 e. The molecule has 1 aliphatic rings. The lowest BCUT2D eigenvalue weighted by molar-refractivity contribution is 0.590. The van der Waals surface area contributed by atoms with E-state index in [1.165, 1.54) is 6.42 Å². The van der Waals surface area contributed by atoms with Gasteiger partial charge in [-0.15, -0.1) is 0 Å². The second kappa shape index (κ2) is 2.17. The molecule has 1 nitrogen and oxygen atoms in total. The zero-order valence-electron chi connectivity index (χ0n) is 5.22. The van der Waals surface area contributed by atoms with Crippen LogP contribution in [-0.2, 0) is 0 Å². The summed E-state index contributed by atoms with van der Waals surface area (Å²) in [6.07, 6.45) is 3.53. The van der Waals surface area contributed by atoms with E-state index in [2.05, 4.69) is 13.0 Å². The second-order valence-corrected chi connectivity index (χ2v) is 2.74. The molecule has 0 aromatic heterocycles. The molecule has 0 aromatic rings. The Balaban J connectivity index is 2.35. The van der Waals surface area contributed by atoms with Crippen molar-refractivity contribution in [3.63, 3.8) is 0 Å². The van der Waals surface area contributed by atoms with Crippen molar-refractivity contribution >= 4 is 0 Å². The first-order chi connectivity index (χ1) is 3.83. The van der Waals surface area contributed by atoms with Crippen LogP contribution >= 0.6 is 0 Å². The van der Waals surface area contributed by atoms with Crippen molar-refractivity contribution in [2.45, 2.75) is 26.2 Å². The highest BCUT2D eigenvalue weighted by Crippen LogP contribution is 2.29. The fraction of sp³-hybridized carbons (Fsp3) is 0.857. The van der Waals surface area contributed by atoms with Crippen LogP contribution in [0.25, 0.3) is 0 Å². The van der Waals surface area contributed by atoms with Crippen LogP contribution in [0.5, 0.6) is 0 Å². The Hall–Kier alpha value is -0.510. The lowest BCUT2D eigenvalue weighted by atomic mass is 10.1. The molecule has 0 N–H and O–H groups in total. The Bertz CT molecular complexity index is 112. The number of hydrogen-bond acceptors (Lipinski definition) is 1. The summed E-state index contributed by atoms with van der Waals surface area (Å²) in [4.78, 5) is 0. The van der Waals surface area contributed by atoms with Crippen LogP contribution in [0.15, 0.2) is 0 Å². The maximum atomic E-state index is 8.43. The molecule has 2 atom stereocenters. The van der Waals surface area contributed by atoms with Crippen molar-refractivity contribution in [2.75, 3.05) is 0 Å². The van der Waals surface area contributed by atoms with Gasteiger partial charge in [-0.05, 0) is 25.2 Å². The maximum Gasteiger partial charge on any atom is 0.0655 e. The standard InChI is InChI=1S/C7H11N/c1-6-2-3-7(4-6)5-8/h6-7H,2-4H2,1H3. The van der Waals surface area contributed by atoms with Gasteiger partial charge in [-0.1, -0.05) is 6.92 Å². The quantitative estimate of drug-likeness (QED) is 0.466. The molecule has 0 heterocycles. The first-order valence-corrected chi connectivity index (χ1v) is 3.22. The second-order valence-electron chi connectivity index (χ2n) is 2.74.